The van der Waals surface area contributed by atoms with E-state index in [4.69, 9.17) is 0 Å². The summed E-state index contributed by atoms with van der Waals surface area (Å²) in [6.45, 7) is 0. The van der Waals surface area contributed by atoms with Crippen LogP contribution in [0.2, 0.25) is 0 Å². The molecule has 62 heavy (non-hydrogen) atoms. The zero-order valence-electron chi connectivity index (χ0n) is 34.2. The van der Waals surface area contributed by atoms with Crippen LogP contribution in [0.3, 0.4) is 0 Å². The Kier molecular flexibility index (Phi) is 8.83. The van der Waals surface area contributed by atoms with Gasteiger partial charge in [-0.15, -0.1) is 11.3 Å². The van der Waals surface area contributed by atoms with Gasteiger partial charge in [0, 0.05) is 21.2 Å². The highest BCUT2D eigenvalue weighted by Crippen LogP contribution is 2.68. The maximum atomic E-state index is 2.41. The summed E-state index contributed by atoms with van der Waals surface area (Å²) in [6.07, 6.45) is 0.900. The van der Waals surface area contributed by atoms with Gasteiger partial charge in [0.25, 0.3) is 0 Å². The Labute approximate surface area is 368 Å². The molecule has 0 radical (unpaired) electrons. The largest absolute Gasteiger partial charge is 0.134 e. The highest BCUT2D eigenvalue weighted by atomic mass is 32.1. The van der Waals surface area contributed by atoms with E-state index in [1.807, 2.05) is 11.3 Å². The molecule has 2 aliphatic rings. The lowest BCUT2D eigenvalue weighted by Crippen LogP contribution is -2.26. The zero-order chi connectivity index (χ0) is 41.0. The van der Waals surface area contributed by atoms with Crippen LogP contribution in [0.5, 0.6) is 0 Å². The average Bonchev–Trinajstić information content (AvgIpc) is 3.99. The molecule has 9 aromatic carbocycles. The summed E-state index contributed by atoms with van der Waals surface area (Å²) < 4.78 is 0. The molecule has 0 saturated carbocycles. The molecule has 12 rings (SSSR count). The van der Waals surface area contributed by atoms with E-state index >= 15 is 0 Å². The Morgan fingerprint density at radius 3 is 1.21 bits per heavy atom. The molecular formula is C61H42S. The Bertz CT molecular complexity index is 3170. The molecule has 10 aromatic rings. The van der Waals surface area contributed by atoms with Crippen molar-refractivity contribution in [3.05, 3.63) is 276 Å². The Morgan fingerprint density at radius 2 is 0.694 bits per heavy atom. The highest BCUT2D eigenvalue weighted by molar-refractivity contribution is 7.19. The zero-order valence-corrected chi connectivity index (χ0v) is 35.0. The average molecular weight is 807 g/mol. The summed E-state index contributed by atoms with van der Waals surface area (Å²) in [7, 11) is 0. The Balaban J connectivity index is 1.01. The minimum Gasteiger partial charge on any atom is -0.134 e. The van der Waals surface area contributed by atoms with Crippen molar-refractivity contribution < 1.29 is 0 Å². The van der Waals surface area contributed by atoms with E-state index in [0.717, 1.165) is 6.42 Å². The van der Waals surface area contributed by atoms with Crippen molar-refractivity contribution in [1.82, 2.24) is 0 Å². The van der Waals surface area contributed by atoms with Gasteiger partial charge in [0.1, 0.15) is 0 Å². The van der Waals surface area contributed by atoms with E-state index in [1.165, 1.54) is 104 Å². The molecular weight excluding hydrogens is 765 g/mol. The van der Waals surface area contributed by atoms with E-state index in [-0.39, 0.29) is 5.92 Å². The van der Waals surface area contributed by atoms with Crippen LogP contribution in [-0.2, 0) is 11.8 Å². The van der Waals surface area contributed by atoms with Crippen molar-refractivity contribution in [2.75, 3.05) is 0 Å². The quantitative estimate of drug-likeness (QED) is 0.143. The van der Waals surface area contributed by atoms with Crippen LogP contribution < -0.4 is 0 Å². The van der Waals surface area contributed by atoms with Gasteiger partial charge in [-0.1, -0.05) is 237 Å². The number of rotatable bonds is 8. The van der Waals surface area contributed by atoms with E-state index in [9.17, 15) is 0 Å². The predicted octanol–water partition coefficient (Wildman–Crippen LogP) is 16.1. The predicted molar refractivity (Wildman–Crippen MR) is 261 cm³/mol. The second-order valence-electron chi connectivity index (χ2n) is 16.7. The standard InChI is InChI=1S/C61H42S/c1-4-16-42(17-5-1)44-30-28-41(29-31-44)40-53(46-34-32-45(33-35-46)43-18-6-2-7-19-43)47-36-38-49(39-37-47)60-58-57(59(62-60)48-20-8-3-9-21-48)52-24-12-15-27-56(52)61(58)54-25-13-10-22-50(54)51-23-11-14-26-55(51)61/h1-39,53H,40H2. The van der Waals surface area contributed by atoms with Crippen LogP contribution in [0, 0.1) is 0 Å². The fourth-order valence-electron chi connectivity index (χ4n) is 10.5. The van der Waals surface area contributed by atoms with E-state index in [2.05, 4.69) is 237 Å². The summed E-state index contributed by atoms with van der Waals surface area (Å²) in [5, 5.41) is 0. The smallest absolute Gasteiger partial charge is 0.0740 e. The molecule has 1 spiro atoms. The van der Waals surface area contributed by atoms with Crippen molar-refractivity contribution in [3.63, 3.8) is 0 Å². The summed E-state index contributed by atoms with van der Waals surface area (Å²) in [6, 6.07) is 87.9. The molecule has 0 nitrogen and oxygen atoms in total. The van der Waals surface area contributed by atoms with Crippen molar-refractivity contribution in [1.29, 1.82) is 0 Å². The van der Waals surface area contributed by atoms with Crippen LogP contribution >= 0.6 is 11.3 Å². The molecule has 1 heteroatoms. The number of hydrogen-bond donors (Lipinski definition) is 0. The highest BCUT2D eigenvalue weighted by Gasteiger charge is 2.54. The molecule has 0 N–H and O–H groups in total. The molecule has 2 aliphatic carbocycles. The van der Waals surface area contributed by atoms with Gasteiger partial charge < -0.3 is 0 Å². The topological polar surface area (TPSA) is 0 Å². The number of fused-ring (bicyclic) bond motifs is 10. The number of thiophene rings is 1. The molecule has 1 atom stereocenters. The normalized spacial score (nSPS) is 13.3. The first-order chi connectivity index (χ1) is 30.8. The summed E-state index contributed by atoms with van der Waals surface area (Å²) in [4.78, 5) is 2.68. The van der Waals surface area contributed by atoms with Crippen LogP contribution in [0.15, 0.2) is 237 Å². The van der Waals surface area contributed by atoms with E-state index in [0.29, 0.717) is 0 Å². The van der Waals surface area contributed by atoms with Gasteiger partial charge in [0.15, 0.2) is 0 Å². The molecule has 0 bridgehead atoms. The third-order valence-electron chi connectivity index (χ3n) is 13.4. The van der Waals surface area contributed by atoms with Gasteiger partial charge in [0.05, 0.1) is 5.41 Å². The second kappa shape index (κ2) is 15.0. The first kappa shape index (κ1) is 36.5. The monoisotopic (exact) mass is 806 g/mol. The number of benzene rings is 9. The Hall–Kier alpha value is -7.32. The van der Waals surface area contributed by atoms with Gasteiger partial charge in [-0.05, 0) is 95.4 Å². The molecule has 0 saturated heterocycles. The lowest BCUT2D eigenvalue weighted by atomic mass is 9.70. The third kappa shape index (κ3) is 5.81. The fraction of sp³-hybridized carbons (Fsp3) is 0.0492. The SMILES string of the molecule is c1ccc(-c2ccc(CC(c3ccc(-c4ccccc4)cc3)c3ccc(-c4sc(-c5ccccc5)c5c4C4(c6ccccc6-c6ccccc64)c4ccccc4-5)cc3)cc2)cc1. The molecule has 0 amide bonds. The maximum absolute atomic E-state index is 2.41. The van der Waals surface area contributed by atoms with E-state index < -0.39 is 5.41 Å². The molecule has 1 heterocycles. The lowest BCUT2D eigenvalue weighted by molar-refractivity contribution is 0.798. The number of hydrogen-bond acceptors (Lipinski definition) is 1. The minimum atomic E-state index is -0.425. The van der Waals surface area contributed by atoms with Gasteiger partial charge >= 0.3 is 0 Å². The third-order valence-corrected chi connectivity index (χ3v) is 14.7. The molecule has 1 aromatic heterocycles. The summed E-state index contributed by atoms with van der Waals surface area (Å²) in [5.74, 6) is 0.176. The van der Waals surface area contributed by atoms with Gasteiger partial charge in [-0.3, -0.25) is 0 Å². The van der Waals surface area contributed by atoms with Gasteiger partial charge in [0.2, 0.25) is 0 Å². The first-order valence-electron chi connectivity index (χ1n) is 21.7. The van der Waals surface area contributed by atoms with Crippen molar-refractivity contribution in [3.8, 4) is 65.4 Å². The fourth-order valence-corrected chi connectivity index (χ4v) is 11.9. The van der Waals surface area contributed by atoms with Crippen LogP contribution in [0.25, 0.3) is 65.4 Å². The van der Waals surface area contributed by atoms with Crippen molar-refractivity contribution >= 4 is 11.3 Å². The summed E-state index contributed by atoms with van der Waals surface area (Å²) in [5.41, 5.74) is 21.9. The van der Waals surface area contributed by atoms with Crippen LogP contribution in [0.4, 0.5) is 0 Å². The van der Waals surface area contributed by atoms with Crippen molar-refractivity contribution in [2.45, 2.75) is 17.8 Å². The molecule has 1 unspecified atom stereocenters. The Morgan fingerprint density at radius 1 is 0.323 bits per heavy atom. The van der Waals surface area contributed by atoms with Crippen molar-refractivity contribution in [2.24, 2.45) is 0 Å². The lowest BCUT2D eigenvalue weighted by Gasteiger charge is -2.31. The molecule has 292 valence electrons. The molecule has 0 fully saturated rings. The van der Waals surface area contributed by atoms with E-state index in [1.54, 1.807) is 0 Å². The maximum Gasteiger partial charge on any atom is 0.0740 e. The van der Waals surface area contributed by atoms with Gasteiger partial charge in [-0.2, -0.15) is 0 Å². The van der Waals surface area contributed by atoms with Gasteiger partial charge in [-0.25, -0.2) is 0 Å². The minimum absolute atomic E-state index is 0.176. The molecule has 0 aliphatic heterocycles. The first-order valence-corrected chi connectivity index (χ1v) is 22.5. The van der Waals surface area contributed by atoms with Crippen LogP contribution in [-0.4, -0.2) is 0 Å². The second-order valence-corrected chi connectivity index (χ2v) is 17.7. The van der Waals surface area contributed by atoms with Crippen LogP contribution in [0.1, 0.15) is 44.9 Å². The summed E-state index contributed by atoms with van der Waals surface area (Å²) >= 11 is 1.95.